The highest BCUT2D eigenvalue weighted by atomic mass is 32.1. The second kappa shape index (κ2) is 8.16. The zero-order chi connectivity index (χ0) is 22.2. The van der Waals surface area contributed by atoms with Crippen LogP contribution >= 0.6 is 11.3 Å². The largest absolute Gasteiger partial charge is 0.417 e. The first-order valence-corrected chi connectivity index (χ1v) is 9.95. The van der Waals surface area contributed by atoms with Crippen LogP contribution in [0.5, 0.6) is 0 Å². The van der Waals surface area contributed by atoms with Crippen molar-refractivity contribution in [2.24, 2.45) is 5.73 Å². The Labute approximate surface area is 176 Å². The van der Waals surface area contributed by atoms with Gasteiger partial charge in [-0.2, -0.15) is 13.2 Å². The molecule has 0 unspecified atom stereocenters. The summed E-state index contributed by atoms with van der Waals surface area (Å²) < 4.78 is 57.3. The minimum absolute atomic E-state index is 0.239. The van der Waals surface area contributed by atoms with Crippen LogP contribution in [0.1, 0.15) is 11.1 Å². The van der Waals surface area contributed by atoms with Crippen LogP contribution in [-0.2, 0) is 12.6 Å². The molecule has 0 saturated carbocycles. The maximum atomic E-state index is 14.4. The number of oxazole rings is 1. The Hall–Kier alpha value is -3.18. The molecule has 11 heteroatoms. The molecule has 6 nitrogen and oxygen atoms in total. The van der Waals surface area contributed by atoms with Gasteiger partial charge in [-0.15, -0.1) is 0 Å². The molecule has 1 atom stereocenters. The first-order valence-electron chi connectivity index (χ1n) is 9.13. The molecule has 0 aliphatic heterocycles. The van der Waals surface area contributed by atoms with Crippen molar-refractivity contribution >= 4 is 27.6 Å². The molecule has 4 rings (SSSR count). The lowest BCUT2D eigenvalue weighted by molar-refractivity contribution is -0.137. The maximum absolute atomic E-state index is 14.4. The summed E-state index contributed by atoms with van der Waals surface area (Å²) in [6.45, 7) is 0.322. The van der Waals surface area contributed by atoms with Crippen LogP contribution < -0.4 is 16.8 Å². The van der Waals surface area contributed by atoms with E-state index in [0.29, 0.717) is 28.5 Å². The van der Waals surface area contributed by atoms with Crippen molar-refractivity contribution < 1.29 is 22.0 Å². The Morgan fingerprint density at radius 2 is 1.97 bits per heavy atom. The molecule has 0 aliphatic rings. The molecule has 2 aromatic carbocycles. The highest BCUT2D eigenvalue weighted by Gasteiger charge is 2.29. The predicted molar refractivity (Wildman–Crippen MR) is 110 cm³/mol. The Morgan fingerprint density at radius 3 is 2.68 bits per heavy atom. The number of nitrogens with two attached hydrogens (primary N) is 1. The fourth-order valence-corrected chi connectivity index (χ4v) is 3.90. The minimum atomic E-state index is -4.37. The number of anilines is 1. The normalized spacial score (nSPS) is 12.9. The monoisotopic (exact) mass is 452 g/mol. The number of alkyl halides is 3. The molecule has 0 saturated heterocycles. The molecule has 0 fully saturated rings. The SMILES string of the molecule is N[C@@H](CNc1ncc(-c2cc3oc(=O)[nH]c3cc2F)s1)Cc1ccc(C(F)(F)F)cc1. The highest BCUT2D eigenvalue weighted by Crippen LogP contribution is 2.33. The van der Waals surface area contributed by atoms with E-state index in [1.807, 2.05) is 0 Å². The fraction of sp³-hybridized carbons (Fsp3) is 0.200. The zero-order valence-electron chi connectivity index (χ0n) is 15.8. The number of aromatic amines is 1. The number of rotatable bonds is 6. The first-order chi connectivity index (χ1) is 14.7. The smallest absolute Gasteiger partial charge is 0.408 e. The van der Waals surface area contributed by atoms with Crippen LogP contribution in [-0.4, -0.2) is 22.6 Å². The fourth-order valence-electron chi connectivity index (χ4n) is 3.06. The van der Waals surface area contributed by atoms with Gasteiger partial charge in [0.25, 0.3) is 0 Å². The third kappa shape index (κ3) is 4.78. The highest BCUT2D eigenvalue weighted by molar-refractivity contribution is 7.18. The van der Waals surface area contributed by atoms with E-state index >= 15 is 0 Å². The molecule has 0 amide bonds. The van der Waals surface area contributed by atoms with E-state index in [9.17, 15) is 22.4 Å². The van der Waals surface area contributed by atoms with Crippen molar-refractivity contribution in [2.75, 3.05) is 11.9 Å². The molecular formula is C20H16F4N4O2S. The van der Waals surface area contributed by atoms with Crippen LogP contribution in [0, 0.1) is 5.82 Å². The molecule has 4 aromatic rings. The molecule has 2 heterocycles. The van der Waals surface area contributed by atoms with Gasteiger partial charge in [0.15, 0.2) is 10.7 Å². The number of thiazole rings is 1. The van der Waals surface area contributed by atoms with E-state index in [1.165, 1.54) is 41.8 Å². The number of halogens is 4. The summed E-state index contributed by atoms with van der Waals surface area (Å²) in [7, 11) is 0. The van der Waals surface area contributed by atoms with Crippen LogP contribution in [0.15, 0.2) is 51.8 Å². The number of H-pyrrole nitrogens is 1. The quantitative estimate of drug-likeness (QED) is 0.377. The second-order valence-electron chi connectivity index (χ2n) is 6.91. The van der Waals surface area contributed by atoms with Gasteiger partial charge in [-0.25, -0.2) is 14.2 Å². The minimum Gasteiger partial charge on any atom is -0.408 e. The summed E-state index contributed by atoms with van der Waals surface area (Å²) in [5, 5.41) is 3.56. The first kappa shape index (κ1) is 21.1. The van der Waals surface area contributed by atoms with Gasteiger partial charge in [0.05, 0.1) is 16.0 Å². The Bertz CT molecular complexity index is 1260. The average molecular weight is 452 g/mol. The lowest BCUT2D eigenvalue weighted by Crippen LogP contribution is -2.31. The summed E-state index contributed by atoms with van der Waals surface area (Å²) in [6, 6.07) is 7.11. The molecule has 0 radical (unpaired) electrons. The molecule has 4 N–H and O–H groups in total. The molecule has 0 spiro atoms. The Kier molecular flexibility index (Phi) is 5.54. The van der Waals surface area contributed by atoms with Crippen LogP contribution in [0.4, 0.5) is 22.7 Å². The molecule has 31 heavy (non-hydrogen) atoms. The number of aromatic nitrogens is 2. The lowest BCUT2D eigenvalue weighted by atomic mass is 10.0. The van der Waals surface area contributed by atoms with Gasteiger partial charge in [0, 0.05) is 30.4 Å². The maximum Gasteiger partial charge on any atom is 0.417 e. The van der Waals surface area contributed by atoms with Gasteiger partial charge < -0.3 is 15.5 Å². The van der Waals surface area contributed by atoms with Crippen molar-refractivity contribution in [3.05, 3.63) is 70.1 Å². The lowest BCUT2D eigenvalue weighted by Gasteiger charge is -2.13. The van der Waals surface area contributed by atoms with Gasteiger partial charge >= 0.3 is 11.9 Å². The van der Waals surface area contributed by atoms with Crippen LogP contribution in [0.25, 0.3) is 21.5 Å². The number of nitrogens with one attached hydrogen (secondary N) is 2. The summed E-state index contributed by atoms with van der Waals surface area (Å²) in [4.78, 5) is 18.4. The van der Waals surface area contributed by atoms with Crippen molar-refractivity contribution in [3.63, 3.8) is 0 Å². The van der Waals surface area contributed by atoms with Crippen molar-refractivity contribution in [2.45, 2.75) is 18.6 Å². The zero-order valence-corrected chi connectivity index (χ0v) is 16.6. The number of hydrogen-bond donors (Lipinski definition) is 3. The number of nitrogens with zero attached hydrogens (tertiary/aromatic N) is 1. The topological polar surface area (TPSA) is 96.9 Å². The molecule has 162 valence electrons. The van der Waals surface area contributed by atoms with E-state index < -0.39 is 23.3 Å². The van der Waals surface area contributed by atoms with E-state index in [0.717, 1.165) is 12.1 Å². The Balaban J connectivity index is 1.39. The van der Waals surface area contributed by atoms with Gasteiger partial charge in [0.1, 0.15) is 5.82 Å². The van der Waals surface area contributed by atoms with Crippen molar-refractivity contribution in [3.8, 4) is 10.4 Å². The number of fused-ring (bicyclic) bond motifs is 1. The van der Waals surface area contributed by atoms with E-state index in [2.05, 4.69) is 15.3 Å². The Morgan fingerprint density at radius 1 is 1.23 bits per heavy atom. The van der Waals surface area contributed by atoms with Gasteiger partial charge in [-0.05, 0) is 30.2 Å². The van der Waals surface area contributed by atoms with Gasteiger partial charge in [-0.3, -0.25) is 4.98 Å². The van der Waals surface area contributed by atoms with Gasteiger partial charge in [0.2, 0.25) is 0 Å². The molecule has 0 aliphatic carbocycles. The molecule has 0 bridgehead atoms. The molecule has 2 aromatic heterocycles. The number of hydrogen-bond acceptors (Lipinski definition) is 6. The van der Waals surface area contributed by atoms with E-state index in [-0.39, 0.29) is 22.7 Å². The number of benzene rings is 2. The van der Waals surface area contributed by atoms with E-state index in [1.54, 1.807) is 0 Å². The third-order valence-corrected chi connectivity index (χ3v) is 5.56. The summed E-state index contributed by atoms with van der Waals surface area (Å²) in [6.07, 6.45) is -2.51. The molecular weight excluding hydrogens is 436 g/mol. The van der Waals surface area contributed by atoms with Crippen LogP contribution in [0.2, 0.25) is 0 Å². The predicted octanol–water partition coefficient (Wildman–Crippen LogP) is 4.38. The standard InChI is InChI=1S/C20H16F4N4O2S/c21-14-7-15-16(30-19(29)28-15)6-13(14)17-9-27-18(31-17)26-8-12(25)5-10-1-3-11(4-2-10)20(22,23)24/h1-4,6-7,9,12H,5,8,25H2,(H,26,27)(H,28,29)/t12-/m1/s1. The summed E-state index contributed by atoms with van der Waals surface area (Å²) in [5.74, 6) is -1.20. The van der Waals surface area contributed by atoms with Crippen molar-refractivity contribution in [1.29, 1.82) is 0 Å². The second-order valence-corrected chi connectivity index (χ2v) is 7.94. The average Bonchev–Trinajstić information content (AvgIpc) is 3.30. The van der Waals surface area contributed by atoms with E-state index in [4.69, 9.17) is 10.2 Å². The summed E-state index contributed by atoms with van der Waals surface area (Å²) in [5.41, 5.74) is 6.80. The third-order valence-electron chi connectivity index (χ3n) is 4.57. The van der Waals surface area contributed by atoms with Crippen LogP contribution in [0.3, 0.4) is 0 Å². The van der Waals surface area contributed by atoms with Gasteiger partial charge in [-0.1, -0.05) is 23.5 Å². The van der Waals surface area contributed by atoms with Crippen molar-refractivity contribution in [1.82, 2.24) is 9.97 Å². The summed E-state index contributed by atoms with van der Waals surface area (Å²) >= 11 is 1.20.